The summed E-state index contributed by atoms with van der Waals surface area (Å²) in [4.78, 5) is 0. The van der Waals surface area contributed by atoms with Crippen LogP contribution in [0, 0.1) is 22.7 Å². The molecule has 6 nitrogen and oxygen atoms in total. The maximum absolute atomic E-state index is 10.3. The van der Waals surface area contributed by atoms with E-state index in [0.717, 1.165) is 99.2 Å². The number of nitriles is 2. The zero-order chi connectivity index (χ0) is 37.1. The summed E-state index contributed by atoms with van der Waals surface area (Å²) in [6.45, 7) is 0. The van der Waals surface area contributed by atoms with Crippen molar-refractivity contribution in [2.24, 2.45) is 0 Å². The Balaban J connectivity index is 1.06. The molecule has 0 fully saturated rings. The van der Waals surface area contributed by atoms with Gasteiger partial charge in [-0.3, -0.25) is 0 Å². The molecule has 0 amide bonds. The number of hydrogen-bond donors (Lipinski definition) is 0. The van der Waals surface area contributed by atoms with Crippen molar-refractivity contribution in [3.8, 4) is 34.6 Å². The van der Waals surface area contributed by atoms with Gasteiger partial charge in [0.25, 0.3) is 0 Å². The van der Waals surface area contributed by atoms with Crippen LogP contribution in [0.4, 0.5) is 0 Å². The number of rotatable bonds is 3. The van der Waals surface area contributed by atoms with Crippen molar-refractivity contribution < 1.29 is 8.83 Å². The smallest absolute Gasteiger partial charge is 0.145 e. The number of fused-ring (bicyclic) bond motifs is 14. The number of benzene rings is 8. The molecule has 0 aliphatic heterocycles. The van der Waals surface area contributed by atoms with E-state index in [0.29, 0.717) is 11.1 Å². The summed E-state index contributed by atoms with van der Waals surface area (Å²) in [6, 6.07) is 58.3. The van der Waals surface area contributed by atoms with Crippen LogP contribution in [0.3, 0.4) is 0 Å². The molecule has 0 aliphatic carbocycles. The average molecular weight is 715 g/mol. The highest BCUT2D eigenvalue weighted by atomic mass is 16.3. The Kier molecular flexibility index (Phi) is 6.10. The lowest BCUT2D eigenvalue weighted by Gasteiger charge is -2.13. The second kappa shape index (κ2) is 11.2. The zero-order valence-corrected chi connectivity index (χ0v) is 29.6. The van der Waals surface area contributed by atoms with Gasteiger partial charge in [0.1, 0.15) is 22.3 Å². The third kappa shape index (κ3) is 4.13. The van der Waals surface area contributed by atoms with E-state index < -0.39 is 0 Å². The largest absolute Gasteiger partial charge is 0.456 e. The van der Waals surface area contributed by atoms with E-state index in [1.54, 1.807) is 0 Å². The number of para-hydroxylation sites is 3. The zero-order valence-electron chi connectivity index (χ0n) is 29.6. The van der Waals surface area contributed by atoms with Gasteiger partial charge in [-0.05, 0) is 102 Å². The quantitative estimate of drug-likeness (QED) is 0.182. The first-order valence-corrected chi connectivity index (χ1v) is 18.5. The van der Waals surface area contributed by atoms with E-state index in [9.17, 15) is 10.5 Å². The van der Waals surface area contributed by atoms with Crippen molar-refractivity contribution in [2.45, 2.75) is 0 Å². The molecule has 0 spiro atoms. The van der Waals surface area contributed by atoms with Crippen LogP contribution in [0.2, 0.25) is 0 Å². The van der Waals surface area contributed by atoms with Gasteiger partial charge in [0.15, 0.2) is 0 Å². The van der Waals surface area contributed by atoms with Gasteiger partial charge in [-0.1, -0.05) is 66.7 Å². The van der Waals surface area contributed by atoms with Crippen molar-refractivity contribution in [1.29, 1.82) is 10.5 Å². The molecule has 4 heterocycles. The van der Waals surface area contributed by atoms with Crippen LogP contribution >= 0.6 is 0 Å². The van der Waals surface area contributed by atoms with Crippen LogP contribution < -0.4 is 0 Å². The summed E-state index contributed by atoms with van der Waals surface area (Å²) in [6.07, 6.45) is 0. The van der Waals surface area contributed by atoms with Gasteiger partial charge in [-0.2, -0.15) is 10.5 Å². The first-order valence-electron chi connectivity index (χ1n) is 18.5. The topological polar surface area (TPSA) is 83.7 Å². The van der Waals surface area contributed by atoms with Crippen LogP contribution in [-0.2, 0) is 0 Å². The number of furan rings is 2. The molecule has 8 aromatic carbocycles. The predicted octanol–water partition coefficient (Wildman–Crippen LogP) is 13.1. The maximum Gasteiger partial charge on any atom is 0.145 e. The molecule has 0 bridgehead atoms. The van der Waals surface area contributed by atoms with Crippen LogP contribution in [-0.4, -0.2) is 9.13 Å². The second-order valence-electron chi connectivity index (χ2n) is 14.3. The standard InChI is InChI=1S/C50H26N4O2/c51-27-29-13-20-42-40(25-29)47-43(21-18-38-36-8-2-5-11-44(36)56-50(38)47)53(42)34-24-30(28-52)23-32(26-34)31-14-16-33(17-15-31)54-41-10-4-1-7-35(41)37-19-22-46-48(49(37)54)39-9-3-6-12-45(39)55-46/h1-26H. The molecular formula is C50H26N4O2. The minimum Gasteiger partial charge on any atom is -0.456 e. The lowest BCUT2D eigenvalue weighted by molar-refractivity contribution is 0.669. The van der Waals surface area contributed by atoms with Crippen LogP contribution in [0.15, 0.2) is 167 Å². The fraction of sp³-hybridized carbons (Fsp3) is 0. The Morgan fingerprint density at radius 2 is 1.09 bits per heavy atom. The van der Waals surface area contributed by atoms with Gasteiger partial charge >= 0.3 is 0 Å². The molecule has 6 heteroatoms. The first-order chi connectivity index (χ1) is 27.7. The fourth-order valence-corrected chi connectivity index (χ4v) is 8.94. The molecule has 0 radical (unpaired) electrons. The average Bonchev–Trinajstić information content (AvgIpc) is 4.00. The van der Waals surface area contributed by atoms with Gasteiger partial charge < -0.3 is 18.0 Å². The van der Waals surface area contributed by atoms with E-state index in [-0.39, 0.29) is 0 Å². The SMILES string of the molecule is N#Cc1cc(-c2ccc(-n3c4ccccc4c4ccc5oc6ccccc6c5c43)cc2)cc(-n2c3ccc(C#N)cc3c3c4oc5ccccc5c4ccc32)c1. The Hall–Kier alpha value is -8.06. The molecule has 12 rings (SSSR count). The molecular weight excluding hydrogens is 689 g/mol. The molecule has 0 N–H and O–H groups in total. The Morgan fingerprint density at radius 3 is 1.91 bits per heavy atom. The van der Waals surface area contributed by atoms with Gasteiger partial charge in [-0.15, -0.1) is 0 Å². The van der Waals surface area contributed by atoms with Crippen molar-refractivity contribution in [1.82, 2.24) is 9.13 Å². The summed E-state index contributed by atoms with van der Waals surface area (Å²) in [7, 11) is 0. The van der Waals surface area contributed by atoms with Crippen LogP contribution in [0.25, 0.3) is 110 Å². The minimum absolute atomic E-state index is 0.548. The molecule has 12 aromatic rings. The molecule has 56 heavy (non-hydrogen) atoms. The van der Waals surface area contributed by atoms with Crippen molar-refractivity contribution in [3.05, 3.63) is 169 Å². The summed E-state index contributed by atoms with van der Waals surface area (Å²) in [5, 5.41) is 28.7. The molecule has 0 unspecified atom stereocenters. The third-order valence-electron chi connectivity index (χ3n) is 11.3. The number of aromatic nitrogens is 2. The summed E-state index contributed by atoms with van der Waals surface area (Å²) in [5.41, 5.74) is 12.3. The molecule has 258 valence electrons. The Bertz CT molecular complexity index is 3730. The highest BCUT2D eigenvalue weighted by Crippen LogP contribution is 2.43. The number of hydrogen-bond acceptors (Lipinski definition) is 4. The van der Waals surface area contributed by atoms with E-state index in [2.05, 4.69) is 118 Å². The van der Waals surface area contributed by atoms with Gasteiger partial charge in [-0.25, -0.2) is 0 Å². The fourth-order valence-electron chi connectivity index (χ4n) is 8.94. The van der Waals surface area contributed by atoms with E-state index >= 15 is 0 Å². The van der Waals surface area contributed by atoms with E-state index in [4.69, 9.17) is 8.83 Å². The van der Waals surface area contributed by atoms with E-state index in [1.807, 2.05) is 60.7 Å². The highest BCUT2D eigenvalue weighted by molar-refractivity contribution is 6.25. The second-order valence-corrected chi connectivity index (χ2v) is 14.3. The van der Waals surface area contributed by atoms with E-state index in [1.165, 1.54) is 10.8 Å². The lowest BCUT2D eigenvalue weighted by atomic mass is 10.0. The van der Waals surface area contributed by atoms with Crippen molar-refractivity contribution >= 4 is 87.5 Å². The maximum atomic E-state index is 10.3. The van der Waals surface area contributed by atoms with Crippen LogP contribution in [0.1, 0.15) is 11.1 Å². The highest BCUT2D eigenvalue weighted by Gasteiger charge is 2.21. The molecule has 0 atom stereocenters. The predicted molar refractivity (Wildman–Crippen MR) is 225 cm³/mol. The molecule has 0 aliphatic rings. The van der Waals surface area contributed by atoms with Gasteiger partial charge in [0.05, 0.1) is 56.1 Å². The minimum atomic E-state index is 0.548. The van der Waals surface area contributed by atoms with Crippen LogP contribution in [0.5, 0.6) is 0 Å². The third-order valence-corrected chi connectivity index (χ3v) is 11.3. The Labute approximate surface area is 318 Å². The lowest BCUT2D eigenvalue weighted by Crippen LogP contribution is -1.97. The summed E-state index contributed by atoms with van der Waals surface area (Å²) in [5.74, 6) is 0. The molecule has 0 saturated carbocycles. The summed E-state index contributed by atoms with van der Waals surface area (Å²) < 4.78 is 17.4. The van der Waals surface area contributed by atoms with Gasteiger partial charge in [0.2, 0.25) is 0 Å². The van der Waals surface area contributed by atoms with Crippen molar-refractivity contribution in [2.75, 3.05) is 0 Å². The number of nitrogens with zero attached hydrogens (tertiary/aromatic N) is 4. The van der Waals surface area contributed by atoms with Gasteiger partial charge in [0, 0.05) is 43.7 Å². The molecule has 0 saturated heterocycles. The first kappa shape index (κ1) is 30.4. The molecule has 4 aromatic heterocycles. The van der Waals surface area contributed by atoms with Crippen molar-refractivity contribution in [3.63, 3.8) is 0 Å². The summed E-state index contributed by atoms with van der Waals surface area (Å²) >= 11 is 0. The Morgan fingerprint density at radius 1 is 0.393 bits per heavy atom. The normalized spacial score (nSPS) is 11.9. The monoisotopic (exact) mass is 714 g/mol.